The van der Waals surface area contributed by atoms with Gasteiger partial charge in [0.1, 0.15) is 10.9 Å². The Bertz CT molecular complexity index is 1170. The summed E-state index contributed by atoms with van der Waals surface area (Å²) in [5, 5.41) is 9.98. The Labute approximate surface area is 234 Å². The van der Waals surface area contributed by atoms with Crippen molar-refractivity contribution in [2.24, 2.45) is 17.1 Å². The van der Waals surface area contributed by atoms with Gasteiger partial charge in [-0.3, -0.25) is 0 Å². The van der Waals surface area contributed by atoms with Crippen molar-refractivity contribution in [2.75, 3.05) is 0 Å². The molecule has 214 valence electrons. The van der Waals surface area contributed by atoms with E-state index in [2.05, 4.69) is 13.8 Å². The average Bonchev–Trinajstić information content (AvgIpc) is 3.33. The Morgan fingerprint density at radius 3 is 2.10 bits per heavy atom. The van der Waals surface area contributed by atoms with Crippen LogP contribution in [0.5, 0.6) is 0 Å². The quantitative estimate of drug-likeness (QED) is 0.439. The van der Waals surface area contributed by atoms with Gasteiger partial charge in [0.15, 0.2) is 0 Å². The van der Waals surface area contributed by atoms with Crippen LogP contribution in [0.4, 0.5) is 0 Å². The molecule has 0 aliphatic heterocycles. The van der Waals surface area contributed by atoms with E-state index < -0.39 is 37.8 Å². The van der Waals surface area contributed by atoms with Crippen LogP contribution in [0.25, 0.3) is 0 Å². The summed E-state index contributed by atoms with van der Waals surface area (Å²) in [5.41, 5.74) is 4.69. The highest BCUT2D eigenvalue weighted by atomic mass is 32.2. The van der Waals surface area contributed by atoms with E-state index >= 15 is 8.42 Å². The van der Waals surface area contributed by atoms with Crippen molar-refractivity contribution >= 4 is 16.0 Å². The molecule has 0 aromatic heterocycles. The van der Waals surface area contributed by atoms with Crippen LogP contribution in [0.1, 0.15) is 103 Å². The highest BCUT2D eigenvalue weighted by molar-refractivity contribution is 7.90. The number of carbonyl (C=O) groups is 1. The van der Waals surface area contributed by atoms with Gasteiger partial charge in [-0.1, -0.05) is 82.7 Å². The van der Waals surface area contributed by atoms with Crippen LogP contribution in [0.2, 0.25) is 0 Å². The van der Waals surface area contributed by atoms with E-state index in [-0.39, 0.29) is 24.4 Å². The standard InChI is InChI=1S/C31H45N3O4S/c1-29(2)24-18-19-31(29,27(20-24)38-28(35)30(33,22-32)21-23-12-6-3-7-13-23)39(36,37)34(25-14-8-4-9-15-25)26-16-10-5-11-17-26/h3,6-7,12-13,24-27H,4-5,8-11,14-21,33H2,1-2H3/t24-,27-,30+,31-/m1/s1. The predicted molar refractivity (Wildman–Crippen MR) is 151 cm³/mol. The van der Waals surface area contributed by atoms with Gasteiger partial charge in [-0.15, -0.1) is 0 Å². The molecule has 4 fully saturated rings. The number of hydrogen-bond donors (Lipinski definition) is 1. The van der Waals surface area contributed by atoms with Crippen molar-refractivity contribution in [1.82, 2.24) is 4.31 Å². The van der Waals surface area contributed by atoms with Crippen molar-refractivity contribution in [3.05, 3.63) is 35.9 Å². The summed E-state index contributed by atoms with van der Waals surface area (Å²) in [6.45, 7) is 4.11. The zero-order valence-electron chi connectivity index (χ0n) is 23.6. The molecule has 4 saturated carbocycles. The second kappa shape index (κ2) is 10.8. The van der Waals surface area contributed by atoms with Crippen LogP contribution < -0.4 is 5.73 Å². The van der Waals surface area contributed by atoms with Crippen molar-refractivity contribution < 1.29 is 17.9 Å². The molecular formula is C31H45N3O4S. The van der Waals surface area contributed by atoms with Gasteiger partial charge in [-0.25, -0.2) is 13.2 Å². The molecule has 2 bridgehead atoms. The maximum absolute atomic E-state index is 15.2. The van der Waals surface area contributed by atoms with Crippen molar-refractivity contribution in [2.45, 2.75) is 132 Å². The summed E-state index contributed by atoms with van der Waals surface area (Å²) in [6.07, 6.45) is 11.1. The molecule has 0 amide bonds. The van der Waals surface area contributed by atoms with E-state index in [9.17, 15) is 10.1 Å². The van der Waals surface area contributed by atoms with Gasteiger partial charge >= 0.3 is 5.97 Å². The SMILES string of the molecule is CC1(C)[C@@H]2CC[C@@]1(S(=O)(=O)N(C1CCCCC1)C1CCCCC1)[C@H](OC(=O)[C@@](N)(C#N)Cc1ccccc1)C2. The molecule has 5 rings (SSSR count). The Kier molecular flexibility index (Phi) is 7.91. The lowest BCUT2D eigenvalue weighted by Crippen LogP contribution is -2.64. The minimum atomic E-state index is -3.85. The van der Waals surface area contributed by atoms with Crippen LogP contribution in [-0.2, 0) is 26.0 Å². The molecule has 4 aliphatic rings. The fourth-order valence-electron chi connectivity index (χ4n) is 8.48. The number of ether oxygens (including phenoxy) is 1. The van der Waals surface area contributed by atoms with Crippen LogP contribution in [0.15, 0.2) is 30.3 Å². The fourth-order valence-corrected chi connectivity index (χ4v) is 11.8. The van der Waals surface area contributed by atoms with Crippen molar-refractivity contribution in [3.63, 3.8) is 0 Å². The molecule has 1 aromatic rings. The molecule has 0 unspecified atom stereocenters. The van der Waals surface area contributed by atoms with E-state index in [4.69, 9.17) is 10.5 Å². The number of nitrogens with zero attached hydrogens (tertiary/aromatic N) is 2. The third-order valence-electron chi connectivity index (χ3n) is 10.7. The van der Waals surface area contributed by atoms with Crippen LogP contribution in [-0.4, -0.2) is 47.2 Å². The molecule has 0 radical (unpaired) electrons. The third-order valence-corrected chi connectivity index (χ3v) is 13.8. The van der Waals surface area contributed by atoms with E-state index in [0.29, 0.717) is 12.8 Å². The lowest BCUT2D eigenvalue weighted by Gasteiger charge is -2.49. The van der Waals surface area contributed by atoms with Crippen LogP contribution in [0, 0.1) is 22.7 Å². The number of esters is 1. The topological polar surface area (TPSA) is 113 Å². The van der Waals surface area contributed by atoms with Gasteiger partial charge in [-0.2, -0.15) is 9.57 Å². The summed E-state index contributed by atoms with van der Waals surface area (Å²) >= 11 is 0. The molecule has 0 saturated heterocycles. The number of rotatable bonds is 8. The summed E-state index contributed by atoms with van der Waals surface area (Å²) in [5.74, 6) is -0.688. The number of carbonyl (C=O) groups excluding carboxylic acids is 1. The first kappa shape index (κ1) is 28.6. The Hall–Kier alpha value is -1.95. The first-order valence-corrected chi connectivity index (χ1v) is 16.5. The number of hydrogen-bond acceptors (Lipinski definition) is 6. The lowest BCUT2D eigenvalue weighted by molar-refractivity contribution is -0.155. The van der Waals surface area contributed by atoms with Gasteiger partial charge in [0.05, 0.1) is 6.07 Å². The van der Waals surface area contributed by atoms with E-state index in [1.54, 1.807) is 0 Å². The number of nitriles is 1. The van der Waals surface area contributed by atoms with E-state index in [0.717, 1.165) is 76.2 Å². The van der Waals surface area contributed by atoms with Gasteiger partial charge in [0.25, 0.3) is 0 Å². The lowest BCUT2D eigenvalue weighted by atomic mass is 9.81. The minimum Gasteiger partial charge on any atom is -0.458 e. The second-order valence-electron chi connectivity index (χ2n) is 13.1. The zero-order chi connectivity index (χ0) is 27.9. The maximum Gasteiger partial charge on any atom is 0.341 e. The smallest absolute Gasteiger partial charge is 0.341 e. The molecule has 8 heteroatoms. The maximum atomic E-state index is 15.2. The first-order valence-electron chi connectivity index (χ1n) is 15.0. The summed E-state index contributed by atoms with van der Waals surface area (Å²) in [7, 11) is -3.85. The molecule has 0 spiro atoms. The highest BCUT2D eigenvalue weighted by Crippen LogP contribution is 2.65. The molecule has 7 nitrogen and oxygen atoms in total. The van der Waals surface area contributed by atoms with Gasteiger partial charge < -0.3 is 10.5 Å². The largest absolute Gasteiger partial charge is 0.458 e. The number of sulfonamides is 1. The molecule has 2 N–H and O–H groups in total. The number of nitrogens with two attached hydrogens (primary N) is 1. The Morgan fingerprint density at radius 1 is 1.03 bits per heavy atom. The molecular weight excluding hydrogens is 510 g/mol. The molecule has 1 aromatic carbocycles. The summed E-state index contributed by atoms with van der Waals surface area (Å²) < 4.78 is 37.2. The van der Waals surface area contributed by atoms with E-state index in [1.807, 2.05) is 40.7 Å². The zero-order valence-corrected chi connectivity index (χ0v) is 24.4. The number of fused-ring (bicyclic) bond motifs is 2. The van der Waals surface area contributed by atoms with E-state index in [1.165, 1.54) is 0 Å². The first-order chi connectivity index (χ1) is 18.6. The Morgan fingerprint density at radius 2 is 1.59 bits per heavy atom. The normalized spacial score (nSPS) is 31.1. The average molecular weight is 556 g/mol. The van der Waals surface area contributed by atoms with Gasteiger partial charge in [0.2, 0.25) is 15.6 Å². The van der Waals surface area contributed by atoms with Gasteiger partial charge in [0, 0.05) is 18.5 Å². The monoisotopic (exact) mass is 555 g/mol. The molecule has 39 heavy (non-hydrogen) atoms. The third kappa shape index (κ3) is 4.73. The highest BCUT2D eigenvalue weighted by Gasteiger charge is 2.74. The predicted octanol–water partition coefficient (Wildman–Crippen LogP) is 5.24. The van der Waals surface area contributed by atoms with Crippen LogP contribution >= 0.6 is 0 Å². The Balaban J connectivity index is 1.50. The minimum absolute atomic E-state index is 0.0126. The van der Waals surface area contributed by atoms with Crippen LogP contribution in [0.3, 0.4) is 0 Å². The van der Waals surface area contributed by atoms with Crippen molar-refractivity contribution in [1.29, 1.82) is 5.26 Å². The fraction of sp³-hybridized carbons (Fsp3) is 0.742. The van der Waals surface area contributed by atoms with Gasteiger partial charge in [-0.05, 0) is 61.8 Å². The molecule has 4 atom stereocenters. The van der Waals surface area contributed by atoms with Crippen molar-refractivity contribution in [3.8, 4) is 6.07 Å². The number of benzene rings is 1. The summed E-state index contributed by atoms with van der Waals surface area (Å²) in [4.78, 5) is 13.6. The second-order valence-corrected chi connectivity index (χ2v) is 15.2. The molecule has 4 aliphatic carbocycles. The molecule has 0 heterocycles. The summed E-state index contributed by atoms with van der Waals surface area (Å²) in [6, 6.07) is 11.2.